The zero-order chi connectivity index (χ0) is 19.3. The number of nitrogens with one attached hydrogen (secondary N) is 1. The molecule has 3 heterocycles. The molecule has 2 atom stereocenters. The first-order chi connectivity index (χ1) is 12.8. The van der Waals surface area contributed by atoms with Crippen molar-refractivity contribution >= 4 is 11.4 Å². The average molecular weight is 371 g/mol. The maximum absolute atomic E-state index is 13.1. The van der Waals surface area contributed by atoms with Crippen LogP contribution in [-0.4, -0.2) is 35.9 Å². The molecule has 1 aliphatic carbocycles. The van der Waals surface area contributed by atoms with E-state index in [-0.39, 0.29) is 11.7 Å². The van der Waals surface area contributed by atoms with Crippen LogP contribution < -0.4 is 11.0 Å². The maximum atomic E-state index is 13.1. The summed E-state index contributed by atoms with van der Waals surface area (Å²) in [7, 11) is 0. The summed E-state index contributed by atoms with van der Waals surface area (Å²) in [5.74, 6) is 2.57. The number of imidazole rings is 1. The molecular weight excluding hydrogens is 342 g/mol. The molecule has 0 bridgehead atoms. The van der Waals surface area contributed by atoms with Crippen LogP contribution in [0.4, 0.5) is 5.82 Å². The minimum Gasteiger partial charge on any atom is -0.390 e. The Hall–Kier alpha value is -2.15. The van der Waals surface area contributed by atoms with E-state index in [4.69, 9.17) is 9.97 Å². The van der Waals surface area contributed by atoms with E-state index in [0.29, 0.717) is 43.5 Å². The van der Waals surface area contributed by atoms with Crippen LogP contribution in [0.3, 0.4) is 0 Å². The standard InChI is InChI=1S/C20H29N5O2/c1-5-10-24-18-15(17-21-14(12(2)3)11-25(17)19(24)26)22-16(23-18)13-6-8-20(4,27)9-7-13/h6,12,14,21,27H,5,7-11H2,1-4H3/t14-,20?/m0/s1. The molecule has 7 nitrogen and oxygen atoms in total. The van der Waals surface area contributed by atoms with E-state index in [0.717, 1.165) is 29.9 Å². The summed E-state index contributed by atoms with van der Waals surface area (Å²) < 4.78 is 3.58. The van der Waals surface area contributed by atoms with Gasteiger partial charge in [0.1, 0.15) is 11.5 Å². The lowest BCUT2D eigenvalue weighted by molar-refractivity contribution is 0.0523. The molecule has 4 rings (SSSR count). The van der Waals surface area contributed by atoms with E-state index in [9.17, 15) is 9.90 Å². The van der Waals surface area contributed by atoms with Crippen LogP contribution in [0.2, 0.25) is 0 Å². The van der Waals surface area contributed by atoms with Crippen LogP contribution in [0.1, 0.15) is 59.2 Å². The first-order valence-electron chi connectivity index (χ1n) is 10.00. The lowest BCUT2D eigenvalue weighted by Gasteiger charge is -2.26. The number of hydrogen-bond acceptors (Lipinski definition) is 5. The third kappa shape index (κ3) is 3.08. The Morgan fingerprint density at radius 1 is 1.41 bits per heavy atom. The maximum Gasteiger partial charge on any atom is 0.331 e. The molecule has 0 spiro atoms. The zero-order valence-corrected chi connectivity index (χ0v) is 16.6. The summed E-state index contributed by atoms with van der Waals surface area (Å²) in [5, 5.41) is 13.7. The summed E-state index contributed by atoms with van der Waals surface area (Å²) in [6, 6.07) is 0.225. The molecule has 27 heavy (non-hydrogen) atoms. The van der Waals surface area contributed by atoms with Crippen molar-refractivity contribution in [2.45, 2.75) is 78.1 Å². The second kappa shape index (κ2) is 6.48. The third-order valence-corrected chi connectivity index (χ3v) is 5.81. The number of hydrogen-bond donors (Lipinski definition) is 2. The van der Waals surface area contributed by atoms with Crippen molar-refractivity contribution in [2.24, 2.45) is 5.92 Å². The van der Waals surface area contributed by atoms with E-state index >= 15 is 0 Å². The molecule has 0 saturated heterocycles. The number of fused-ring (bicyclic) bond motifs is 3. The Kier molecular flexibility index (Phi) is 4.37. The average Bonchev–Trinajstić information content (AvgIpc) is 3.23. The van der Waals surface area contributed by atoms with Crippen LogP contribution in [0.15, 0.2) is 10.9 Å². The topological polar surface area (TPSA) is 85.0 Å². The number of anilines is 1. The van der Waals surface area contributed by atoms with Crippen LogP contribution in [0, 0.1) is 5.92 Å². The van der Waals surface area contributed by atoms with Crippen molar-refractivity contribution in [3.63, 3.8) is 0 Å². The summed E-state index contributed by atoms with van der Waals surface area (Å²) in [6.07, 6.45) is 4.96. The molecule has 2 N–H and O–H groups in total. The Morgan fingerprint density at radius 2 is 2.19 bits per heavy atom. The second-order valence-electron chi connectivity index (χ2n) is 8.54. The van der Waals surface area contributed by atoms with Gasteiger partial charge in [-0.15, -0.1) is 0 Å². The van der Waals surface area contributed by atoms with Gasteiger partial charge in [-0.2, -0.15) is 0 Å². The molecule has 0 radical (unpaired) electrons. The summed E-state index contributed by atoms with van der Waals surface area (Å²) in [4.78, 5) is 22.7. The fourth-order valence-electron chi connectivity index (χ4n) is 3.98. The summed E-state index contributed by atoms with van der Waals surface area (Å²) >= 11 is 0. The van der Waals surface area contributed by atoms with E-state index in [1.165, 1.54) is 0 Å². The Labute approximate surface area is 159 Å². The summed E-state index contributed by atoms with van der Waals surface area (Å²) in [6.45, 7) is 9.54. The normalized spacial score (nSPS) is 25.0. The fraction of sp³-hybridized carbons (Fsp3) is 0.650. The lowest BCUT2D eigenvalue weighted by atomic mass is 9.87. The van der Waals surface area contributed by atoms with E-state index in [1.54, 1.807) is 4.57 Å². The highest BCUT2D eigenvalue weighted by Crippen LogP contribution is 2.36. The third-order valence-electron chi connectivity index (χ3n) is 5.81. The molecule has 0 saturated carbocycles. The predicted molar refractivity (Wildman–Crippen MR) is 106 cm³/mol. The molecule has 7 heteroatoms. The Bertz CT molecular complexity index is 921. The largest absolute Gasteiger partial charge is 0.390 e. The molecule has 0 aromatic heterocycles. The molecule has 0 aromatic rings. The molecule has 4 aliphatic rings. The van der Waals surface area contributed by atoms with Crippen molar-refractivity contribution in [2.75, 3.05) is 5.32 Å². The van der Waals surface area contributed by atoms with Gasteiger partial charge in [0.15, 0.2) is 11.6 Å². The van der Waals surface area contributed by atoms with Gasteiger partial charge in [0.2, 0.25) is 0 Å². The van der Waals surface area contributed by atoms with Crippen molar-refractivity contribution in [1.82, 2.24) is 19.1 Å². The fourth-order valence-corrected chi connectivity index (χ4v) is 3.98. The predicted octanol–water partition coefficient (Wildman–Crippen LogP) is 2.72. The van der Waals surface area contributed by atoms with E-state index in [2.05, 4.69) is 26.1 Å². The van der Waals surface area contributed by atoms with E-state index < -0.39 is 5.60 Å². The molecule has 0 amide bonds. The van der Waals surface area contributed by atoms with Gasteiger partial charge in [0.25, 0.3) is 0 Å². The van der Waals surface area contributed by atoms with Crippen LogP contribution >= 0.6 is 0 Å². The van der Waals surface area contributed by atoms with Gasteiger partial charge in [0, 0.05) is 19.1 Å². The molecule has 0 aromatic carbocycles. The highest BCUT2D eigenvalue weighted by Gasteiger charge is 2.33. The van der Waals surface area contributed by atoms with Gasteiger partial charge in [-0.25, -0.2) is 14.8 Å². The zero-order valence-electron chi connectivity index (χ0n) is 16.6. The van der Waals surface area contributed by atoms with Crippen LogP contribution in [-0.2, 0) is 13.1 Å². The van der Waals surface area contributed by atoms with Gasteiger partial charge in [-0.1, -0.05) is 26.8 Å². The molecule has 0 fully saturated rings. The minimum atomic E-state index is -0.650. The number of nitrogens with zero attached hydrogens (tertiary/aromatic N) is 4. The number of aromatic nitrogens is 4. The van der Waals surface area contributed by atoms with Gasteiger partial charge in [-0.3, -0.25) is 9.13 Å². The quantitative estimate of drug-likeness (QED) is 0.863. The van der Waals surface area contributed by atoms with Gasteiger partial charge in [-0.05, 0) is 44.1 Å². The molecule has 146 valence electrons. The molecular formula is C20H29N5O2. The first-order valence-corrected chi connectivity index (χ1v) is 10.00. The van der Waals surface area contributed by atoms with Crippen LogP contribution in [0.25, 0.3) is 17.1 Å². The summed E-state index contributed by atoms with van der Waals surface area (Å²) in [5.41, 5.74) is 1.18. The highest BCUT2D eigenvalue weighted by molar-refractivity contribution is 5.74. The Balaban J connectivity index is 1.84. The van der Waals surface area contributed by atoms with Gasteiger partial charge >= 0.3 is 5.69 Å². The number of aliphatic hydroxyl groups is 1. The first kappa shape index (κ1) is 18.2. The SMILES string of the molecule is CCCn1c2nc(C3=CCC(C)(O)CC3)nc-2c2n(c1=O)C[C@@H](C(C)C)N2. The van der Waals surface area contributed by atoms with Gasteiger partial charge in [0.05, 0.1) is 5.60 Å². The van der Waals surface area contributed by atoms with Crippen molar-refractivity contribution < 1.29 is 5.11 Å². The number of rotatable bonds is 4. The van der Waals surface area contributed by atoms with E-state index in [1.807, 2.05) is 17.6 Å². The van der Waals surface area contributed by atoms with Crippen molar-refractivity contribution in [3.05, 3.63) is 22.4 Å². The smallest absolute Gasteiger partial charge is 0.331 e. The monoisotopic (exact) mass is 371 g/mol. The lowest BCUT2D eigenvalue weighted by Crippen LogP contribution is -2.32. The Morgan fingerprint density at radius 3 is 2.81 bits per heavy atom. The molecule has 1 unspecified atom stereocenters. The van der Waals surface area contributed by atoms with Gasteiger partial charge < -0.3 is 10.4 Å². The van der Waals surface area contributed by atoms with Crippen LogP contribution in [0.5, 0.6) is 0 Å². The molecule has 3 aliphatic heterocycles. The van der Waals surface area contributed by atoms with Crippen molar-refractivity contribution in [3.8, 4) is 11.5 Å². The second-order valence-corrected chi connectivity index (χ2v) is 8.54. The highest BCUT2D eigenvalue weighted by atomic mass is 16.3. The minimum absolute atomic E-state index is 0.0120. The van der Waals surface area contributed by atoms with Crippen molar-refractivity contribution in [1.29, 1.82) is 0 Å². The number of allylic oxidation sites excluding steroid dienone is 1.